The van der Waals surface area contributed by atoms with E-state index >= 15 is 0 Å². The van der Waals surface area contributed by atoms with Crippen molar-refractivity contribution in [3.05, 3.63) is 51.6 Å². The molecule has 1 aromatic carbocycles. The molecular formula is C20H18ClN5OS2. The van der Waals surface area contributed by atoms with Gasteiger partial charge in [0, 0.05) is 9.90 Å². The molecule has 0 unspecified atom stereocenters. The molecule has 1 amide bonds. The van der Waals surface area contributed by atoms with Gasteiger partial charge in [-0.25, -0.2) is 0 Å². The second-order valence-corrected chi connectivity index (χ2v) is 9.16. The lowest BCUT2D eigenvalue weighted by molar-refractivity contribution is -0.113. The van der Waals surface area contributed by atoms with E-state index < -0.39 is 0 Å². The summed E-state index contributed by atoms with van der Waals surface area (Å²) in [6, 6.07) is 9.65. The zero-order valence-electron chi connectivity index (χ0n) is 15.5. The van der Waals surface area contributed by atoms with E-state index in [1.54, 1.807) is 28.3 Å². The first kappa shape index (κ1) is 20.0. The second-order valence-electron chi connectivity index (χ2n) is 6.68. The van der Waals surface area contributed by atoms with Crippen molar-refractivity contribution < 1.29 is 4.79 Å². The molecule has 148 valence electrons. The quantitative estimate of drug-likeness (QED) is 0.450. The van der Waals surface area contributed by atoms with Crippen LogP contribution in [0.15, 0.2) is 35.7 Å². The van der Waals surface area contributed by atoms with Crippen molar-refractivity contribution in [2.75, 3.05) is 11.1 Å². The number of fused-ring (bicyclic) bond motifs is 1. The van der Waals surface area contributed by atoms with E-state index in [0.717, 1.165) is 36.9 Å². The van der Waals surface area contributed by atoms with Crippen molar-refractivity contribution >= 4 is 45.6 Å². The van der Waals surface area contributed by atoms with Gasteiger partial charge in [-0.1, -0.05) is 35.9 Å². The Labute approximate surface area is 181 Å². The number of thioether (sulfide) groups is 1. The average Bonchev–Trinajstić information content (AvgIpc) is 3.24. The van der Waals surface area contributed by atoms with Gasteiger partial charge in [-0.3, -0.25) is 9.36 Å². The van der Waals surface area contributed by atoms with Gasteiger partial charge < -0.3 is 5.32 Å². The largest absolute Gasteiger partial charge is 0.316 e. The molecule has 9 heteroatoms. The van der Waals surface area contributed by atoms with Crippen LogP contribution in [0.4, 0.5) is 5.00 Å². The normalized spacial score (nSPS) is 13.4. The highest BCUT2D eigenvalue weighted by molar-refractivity contribution is 7.99. The van der Waals surface area contributed by atoms with Crippen molar-refractivity contribution in [1.82, 2.24) is 14.8 Å². The number of nitrogens with zero attached hydrogens (tertiary/aromatic N) is 4. The molecule has 0 aliphatic heterocycles. The number of aromatic nitrogens is 3. The molecule has 0 radical (unpaired) electrons. The Bertz CT molecular complexity index is 1080. The third kappa shape index (κ3) is 4.47. The maximum Gasteiger partial charge on any atom is 0.235 e. The van der Waals surface area contributed by atoms with Crippen LogP contribution in [0.2, 0.25) is 5.02 Å². The SMILES string of the molecule is N#Cc1c(NC(=O)CSc2nncn2-c2cccc(Cl)c2)sc2c1CCCCC2. The first-order chi connectivity index (χ1) is 14.2. The van der Waals surface area contributed by atoms with E-state index in [2.05, 4.69) is 21.6 Å². The van der Waals surface area contributed by atoms with Gasteiger partial charge in [-0.2, -0.15) is 5.26 Å². The van der Waals surface area contributed by atoms with Gasteiger partial charge in [0.1, 0.15) is 17.4 Å². The molecule has 1 N–H and O–H groups in total. The molecule has 2 heterocycles. The number of benzene rings is 1. The van der Waals surface area contributed by atoms with Crippen LogP contribution in [-0.2, 0) is 17.6 Å². The number of anilines is 1. The third-order valence-electron chi connectivity index (χ3n) is 4.72. The fraction of sp³-hybridized carbons (Fsp3) is 0.300. The Kier molecular flexibility index (Phi) is 6.19. The predicted octanol–water partition coefficient (Wildman–Crippen LogP) is 4.85. The highest BCUT2D eigenvalue weighted by Gasteiger charge is 2.21. The van der Waals surface area contributed by atoms with Gasteiger partial charge in [0.05, 0.1) is 17.0 Å². The predicted molar refractivity (Wildman–Crippen MR) is 116 cm³/mol. The van der Waals surface area contributed by atoms with E-state index in [9.17, 15) is 10.1 Å². The number of thiophene rings is 1. The van der Waals surface area contributed by atoms with Crippen LogP contribution in [0.3, 0.4) is 0 Å². The molecule has 2 aromatic heterocycles. The zero-order valence-corrected chi connectivity index (χ0v) is 17.9. The minimum Gasteiger partial charge on any atom is -0.316 e. The molecule has 0 fully saturated rings. The van der Waals surface area contributed by atoms with Crippen molar-refractivity contribution in [3.8, 4) is 11.8 Å². The highest BCUT2D eigenvalue weighted by atomic mass is 35.5. The fourth-order valence-electron chi connectivity index (χ4n) is 3.37. The Hall–Kier alpha value is -2.34. The monoisotopic (exact) mass is 443 g/mol. The number of carbonyl (C=O) groups excluding carboxylic acids is 1. The van der Waals surface area contributed by atoms with Gasteiger partial charge in [0.15, 0.2) is 5.16 Å². The summed E-state index contributed by atoms with van der Waals surface area (Å²) in [7, 11) is 0. The van der Waals surface area contributed by atoms with E-state index in [4.69, 9.17) is 11.6 Å². The number of aryl methyl sites for hydroxylation is 1. The molecule has 1 aliphatic rings. The molecule has 0 saturated heterocycles. The molecule has 0 saturated carbocycles. The van der Waals surface area contributed by atoms with Gasteiger partial charge in [-0.05, 0) is 49.4 Å². The van der Waals surface area contributed by atoms with Crippen LogP contribution < -0.4 is 5.32 Å². The summed E-state index contributed by atoms with van der Waals surface area (Å²) < 4.78 is 1.79. The maximum atomic E-state index is 12.5. The van der Waals surface area contributed by atoms with Gasteiger partial charge in [-0.15, -0.1) is 21.5 Å². The number of hydrogen-bond acceptors (Lipinski definition) is 6. The summed E-state index contributed by atoms with van der Waals surface area (Å²) in [6.07, 6.45) is 6.93. The van der Waals surface area contributed by atoms with E-state index in [1.807, 2.05) is 18.2 Å². The van der Waals surface area contributed by atoms with Crippen LogP contribution in [0.1, 0.15) is 35.3 Å². The van der Waals surface area contributed by atoms with Crippen LogP contribution in [-0.4, -0.2) is 26.4 Å². The molecular weight excluding hydrogens is 426 g/mol. The average molecular weight is 444 g/mol. The number of nitriles is 1. The maximum absolute atomic E-state index is 12.5. The number of amides is 1. The standard InChI is InChI=1S/C20H18ClN5OS2/c21-13-5-4-6-14(9-13)26-12-23-25-20(26)28-11-18(27)24-19-16(10-22)15-7-2-1-3-8-17(15)29-19/h4-6,9,12H,1-3,7-8,11H2,(H,24,27). The van der Waals surface area contributed by atoms with Crippen LogP contribution >= 0.6 is 34.7 Å². The third-order valence-corrected chi connectivity index (χ3v) is 7.11. The summed E-state index contributed by atoms with van der Waals surface area (Å²) in [5, 5.41) is 22.5. The molecule has 4 rings (SSSR count). The number of rotatable bonds is 5. The molecule has 0 atom stereocenters. The molecule has 29 heavy (non-hydrogen) atoms. The van der Waals surface area contributed by atoms with Crippen LogP contribution in [0.25, 0.3) is 5.69 Å². The Morgan fingerprint density at radius 1 is 1.34 bits per heavy atom. The number of nitrogens with one attached hydrogen (secondary N) is 1. The molecule has 6 nitrogen and oxygen atoms in total. The second kappa shape index (κ2) is 8.99. The highest BCUT2D eigenvalue weighted by Crippen LogP contribution is 2.37. The molecule has 1 aliphatic carbocycles. The van der Waals surface area contributed by atoms with Gasteiger partial charge >= 0.3 is 0 Å². The Morgan fingerprint density at radius 3 is 3.03 bits per heavy atom. The van der Waals surface area contributed by atoms with E-state index in [-0.39, 0.29) is 11.7 Å². The number of halogens is 1. The summed E-state index contributed by atoms with van der Waals surface area (Å²) in [5.41, 5.74) is 2.59. The summed E-state index contributed by atoms with van der Waals surface area (Å²) in [4.78, 5) is 13.8. The first-order valence-corrected chi connectivity index (χ1v) is 11.5. The van der Waals surface area contributed by atoms with Gasteiger partial charge in [0.25, 0.3) is 0 Å². The van der Waals surface area contributed by atoms with Crippen molar-refractivity contribution in [1.29, 1.82) is 5.26 Å². The fourth-order valence-corrected chi connectivity index (χ4v) is 5.54. The van der Waals surface area contributed by atoms with Gasteiger partial charge in [0.2, 0.25) is 5.91 Å². The van der Waals surface area contributed by atoms with Crippen LogP contribution in [0.5, 0.6) is 0 Å². The topological polar surface area (TPSA) is 83.6 Å². The lowest BCUT2D eigenvalue weighted by atomic mass is 10.1. The smallest absolute Gasteiger partial charge is 0.235 e. The Balaban J connectivity index is 1.45. The van der Waals surface area contributed by atoms with Crippen molar-refractivity contribution in [2.45, 2.75) is 37.3 Å². The first-order valence-electron chi connectivity index (χ1n) is 9.29. The van der Waals surface area contributed by atoms with Crippen molar-refractivity contribution in [2.24, 2.45) is 0 Å². The minimum atomic E-state index is -0.163. The summed E-state index contributed by atoms with van der Waals surface area (Å²) >= 11 is 8.89. The lowest BCUT2D eigenvalue weighted by Gasteiger charge is -2.07. The molecule has 3 aromatic rings. The molecule has 0 spiro atoms. The number of hydrogen-bond donors (Lipinski definition) is 1. The number of carbonyl (C=O) groups is 1. The molecule has 0 bridgehead atoms. The van der Waals surface area contributed by atoms with Crippen LogP contribution in [0, 0.1) is 11.3 Å². The minimum absolute atomic E-state index is 0.163. The summed E-state index contributed by atoms with van der Waals surface area (Å²) in [6.45, 7) is 0. The Morgan fingerprint density at radius 2 is 2.21 bits per heavy atom. The van der Waals surface area contributed by atoms with Crippen molar-refractivity contribution in [3.63, 3.8) is 0 Å². The summed E-state index contributed by atoms with van der Waals surface area (Å²) in [5.74, 6) is 0.00993. The lowest BCUT2D eigenvalue weighted by Crippen LogP contribution is -2.14. The van der Waals surface area contributed by atoms with E-state index in [0.29, 0.717) is 20.7 Å². The van der Waals surface area contributed by atoms with E-state index in [1.165, 1.54) is 23.1 Å². The zero-order chi connectivity index (χ0) is 20.2.